The highest BCUT2D eigenvalue weighted by atomic mass is 16.5. The summed E-state index contributed by atoms with van der Waals surface area (Å²) < 4.78 is 5.34. The van der Waals surface area contributed by atoms with Gasteiger partial charge in [0.15, 0.2) is 5.96 Å². The van der Waals surface area contributed by atoms with Crippen LogP contribution in [0.5, 0.6) is 0 Å². The van der Waals surface area contributed by atoms with Gasteiger partial charge in [0.25, 0.3) is 0 Å². The number of aryl methyl sites for hydroxylation is 2. The average molecular weight is 315 g/mol. The van der Waals surface area contributed by atoms with Crippen molar-refractivity contribution < 1.29 is 4.74 Å². The molecular formula is C19H29N3O. The lowest BCUT2D eigenvalue weighted by molar-refractivity contribution is 0.153. The topological polar surface area (TPSA) is 45.7 Å². The number of guanidine groups is 1. The van der Waals surface area contributed by atoms with E-state index in [-0.39, 0.29) is 0 Å². The molecule has 0 radical (unpaired) electrons. The summed E-state index contributed by atoms with van der Waals surface area (Å²) in [7, 11) is 0. The Morgan fingerprint density at radius 2 is 2.13 bits per heavy atom. The van der Waals surface area contributed by atoms with Gasteiger partial charge in [0.2, 0.25) is 0 Å². The molecule has 1 aromatic rings. The number of nitrogens with zero attached hydrogens (tertiary/aromatic N) is 1. The first-order valence-electron chi connectivity index (χ1n) is 8.53. The van der Waals surface area contributed by atoms with Crippen molar-refractivity contribution in [2.75, 3.05) is 26.3 Å². The van der Waals surface area contributed by atoms with Crippen molar-refractivity contribution in [2.45, 2.75) is 40.2 Å². The maximum Gasteiger partial charge on any atom is 0.191 e. The number of hydrogen-bond acceptors (Lipinski definition) is 2. The van der Waals surface area contributed by atoms with Crippen LogP contribution in [-0.4, -0.2) is 32.3 Å². The molecule has 0 atom stereocenters. The third kappa shape index (κ3) is 6.06. The summed E-state index contributed by atoms with van der Waals surface area (Å²) in [5.74, 6) is 0.889. The molecule has 1 aromatic carbocycles. The molecule has 4 nitrogen and oxygen atoms in total. The Bertz CT molecular complexity index is 564. The Morgan fingerprint density at radius 1 is 1.26 bits per heavy atom. The van der Waals surface area contributed by atoms with Crippen LogP contribution in [0.15, 0.2) is 34.8 Å². The largest absolute Gasteiger partial charge is 0.377 e. The number of aliphatic imine (C=N–C) groups is 1. The zero-order chi connectivity index (χ0) is 16.5. The quantitative estimate of drug-likeness (QED) is 0.482. The summed E-state index contributed by atoms with van der Waals surface area (Å²) >= 11 is 0. The van der Waals surface area contributed by atoms with E-state index in [9.17, 15) is 0 Å². The highest BCUT2D eigenvalue weighted by molar-refractivity contribution is 5.79. The zero-order valence-electron chi connectivity index (χ0n) is 14.6. The summed E-state index contributed by atoms with van der Waals surface area (Å²) in [6.45, 7) is 10.5. The Kier molecular flexibility index (Phi) is 7.14. The lowest BCUT2D eigenvalue weighted by Gasteiger charge is -2.15. The predicted octanol–water partition coefficient (Wildman–Crippen LogP) is 3.10. The lowest BCUT2D eigenvalue weighted by Crippen LogP contribution is -2.38. The molecule has 126 valence electrons. The molecule has 2 N–H and O–H groups in total. The number of nitrogens with one attached hydrogen (secondary N) is 2. The first kappa shape index (κ1) is 17.5. The molecule has 0 aromatic heterocycles. The van der Waals surface area contributed by atoms with Gasteiger partial charge in [-0.05, 0) is 44.7 Å². The van der Waals surface area contributed by atoms with E-state index in [2.05, 4.69) is 55.7 Å². The van der Waals surface area contributed by atoms with Crippen molar-refractivity contribution in [3.05, 3.63) is 46.5 Å². The van der Waals surface area contributed by atoms with Gasteiger partial charge in [0, 0.05) is 13.1 Å². The standard InChI is InChI=1S/C19H29N3O/c1-4-20-19(21-10-7-17-8-11-23-12-9-17)22-14-18-6-5-15(2)13-16(18)3/h5-6,8,13H,4,7,9-12,14H2,1-3H3,(H2,20,21,22). The van der Waals surface area contributed by atoms with Crippen LogP contribution in [-0.2, 0) is 11.3 Å². The Labute approximate surface area is 140 Å². The normalized spacial score (nSPS) is 15.3. The molecule has 0 saturated heterocycles. The van der Waals surface area contributed by atoms with Gasteiger partial charge in [-0.15, -0.1) is 0 Å². The SMILES string of the molecule is CCNC(=NCc1ccc(C)cc1C)NCCC1=CCOCC1. The van der Waals surface area contributed by atoms with Crippen LogP contribution in [0.25, 0.3) is 0 Å². The minimum absolute atomic E-state index is 0.706. The maximum absolute atomic E-state index is 5.34. The first-order valence-corrected chi connectivity index (χ1v) is 8.53. The van der Waals surface area contributed by atoms with Crippen molar-refractivity contribution in [3.63, 3.8) is 0 Å². The van der Waals surface area contributed by atoms with Gasteiger partial charge in [-0.2, -0.15) is 0 Å². The third-order valence-electron chi connectivity index (χ3n) is 4.05. The second-order valence-electron chi connectivity index (χ2n) is 5.99. The van der Waals surface area contributed by atoms with Crippen LogP contribution in [0.2, 0.25) is 0 Å². The number of hydrogen-bond donors (Lipinski definition) is 2. The van der Waals surface area contributed by atoms with Gasteiger partial charge >= 0.3 is 0 Å². The molecule has 0 amide bonds. The Morgan fingerprint density at radius 3 is 2.83 bits per heavy atom. The van der Waals surface area contributed by atoms with E-state index < -0.39 is 0 Å². The van der Waals surface area contributed by atoms with Gasteiger partial charge < -0.3 is 15.4 Å². The molecule has 23 heavy (non-hydrogen) atoms. The van der Waals surface area contributed by atoms with Crippen LogP contribution >= 0.6 is 0 Å². The zero-order valence-corrected chi connectivity index (χ0v) is 14.6. The molecular weight excluding hydrogens is 286 g/mol. The fourth-order valence-electron chi connectivity index (χ4n) is 2.66. The van der Waals surface area contributed by atoms with Crippen LogP contribution < -0.4 is 10.6 Å². The van der Waals surface area contributed by atoms with Crippen LogP contribution in [0.1, 0.15) is 36.5 Å². The van der Waals surface area contributed by atoms with Crippen molar-refractivity contribution in [3.8, 4) is 0 Å². The molecule has 0 aliphatic carbocycles. The maximum atomic E-state index is 5.34. The first-order chi connectivity index (χ1) is 11.2. The summed E-state index contributed by atoms with van der Waals surface area (Å²) in [4.78, 5) is 4.71. The molecule has 0 bridgehead atoms. The molecule has 0 spiro atoms. The van der Waals surface area contributed by atoms with Crippen molar-refractivity contribution in [1.82, 2.24) is 10.6 Å². The molecule has 0 fully saturated rings. The van der Waals surface area contributed by atoms with Crippen LogP contribution in [0.4, 0.5) is 0 Å². The van der Waals surface area contributed by atoms with E-state index in [4.69, 9.17) is 9.73 Å². The Balaban J connectivity index is 1.87. The fourth-order valence-corrected chi connectivity index (χ4v) is 2.66. The average Bonchev–Trinajstić information content (AvgIpc) is 2.55. The van der Waals surface area contributed by atoms with Crippen molar-refractivity contribution in [1.29, 1.82) is 0 Å². The summed E-state index contributed by atoms with van der Waals surface area (Å²) in [5, 5.41) is 6.74. The molecule has 1 heterocycles. The van der Waals surface area contributed by atoms with Crippen molar-refractivity contribution in [2.24, 2.45) is 4.99 Å². The number of ether oxygens (including phenoxy) is 1. The monoisotopic (exact) mass is 315 g/mol. The predicted molar refractivity (Wildman–Crippen MR) is 96.9 cm³/mol. The van der Waals surface area contributed by atoms with E-state index in [1.165, 1.54) is 22.3 Å². The summed E-state index contributed by atoms with van der Waals surface area (Å²) in [5.41, 5.74) is 5.36. The lowest BCUT2D eigenvalue weighted by atomic mass is 10.1. The molecule has 1 aliphatic rings. The number of rotatable bonds is 6. The smallest absolute Gasteiger partial charge is 0.191 e. The third-order valence-corrected chi connectivity index (χ3v) is 4.05. The van der Waals surface area contributed by atoms with E-state index in [1.54, 1.807) is 0 Å². The van der Waals surface area contributed by atoms with Crippen molar-refractivity contribution >= 4 is 5.96 Å². The fraction of sp³-hybridized carbons (Fsp3) is 0.526. The molecule has 1 aliphatic heterocycles. The minimum Gasteiger partial charge on any atom is -0.377 e. The van der Waals surface area contributed by atoms with E-state index >= 15 is 0 Å². The Hall–Kier alpha value is -1.81. The van der Waals surface area contributed by atoms with Gasteiger partial charge in [-0.3, -0.25) is 0 Å². The van der Waals surface area contributed by atoms with Crippen LogP contribution in [0.3, 0.4) is 0 Å². The van der Waals surface area contributed by atoms with E-state index in [0.717, 1.165) is 45.1 Å². The molecule has 0 unspecified atom stereocenters. The van der Waals surface area contributed by atoms with E-state index in [1.807, 2.05) is 0 Å². The highest BCUT2D eigenvalue weighted by Crippen LogP contribution is 2.12. The van der Waals surface area contributed by atoms with Gasteiger partial charge in [-0.25, -0.2) is 4.99 Å². The molecule has 4 heteroatoms. The summed E-state index contributed by atoms with van der Waals surface area (Å²) in [6, 6.07) is 6.53. The molecule has 0 saturated carbocycles. The second kappa shape index (κ2) is 9.36. The highest BCUT2D eigenvalue weighted by Gasteiger charge is 2.04. The van der Waals surface area contributed by atoms with Gasteiger partial charge in [0.1, 0.15) is 0 Å². The summed E-state index contributed by atoms with van der Waals surface area (Å²) in [6.07, 6.45) is 4.31. The minimum atomic E-state index is 0.706. The van der Waals surface area contributed by atoms with Crippen LogP contribution in [0, 0.1) is 13.8 Å². The van der Waals surface area contributed by atoms with Gasteiger partial charge in [0.05, 0.1) is 19.8 Å². The molecule has 2 rings (SSSR count). The van der Waals surface area contributed by atoms with Gasteiger partial charge in [-0.1, -0.05) is 35.4 Å². The second-order valence-corrected chi connectivity index (χ2v) is 5.99. The van der Waals surface area contributed by atoms with E-state index in [0.29, 0.717) is 6.54 Å². The number of benzene rings is 1.